The minimum absolute atomic E-state index is 0.0397. The Morgan fingerprint density at radius 3 is 1.96 bits per heavy atom. The first-order valence-corrected chi connectivity index (χ1v) is 18.8. The zero-order valence-corrected chi connectivity index (χ0v) is 29.9. The molecule has 0 radical (unpaired) electrons. The molecule has 1 fully saturated rings. The number of aliphatic hydroxyl groups is 2. The molecule has 3 N–H and O–H groups in total. The quantitative estimate of drug-likeness (QED) is 0.164. The van der Waals surface area contributed by atoms with E-state index in [4.69, 9.17) is 13.9 Å². The maximum atomic E-state index is 13.5. The van der Waals surface area contributed by atoms with E-state index >= 15 is 0 Å². The first-order chi connectivity index (χ1) is 24.6. The summed E-state index contributed by atoms with van der Waals surface area (Å²) in [5.74, 6) is -0.385. The van der Waals surface area contributed by atoms with Crippen LogP contribution in [0.1, 0.15) is 42.9 Å². The number of ether oxygens (including phenoxy) is 2. The monoisotopic (exact) mass is 705 g/mol. The second-order valence-corrected chi connectivity index (χ2v) is 18.0. The van der Waals surface area contributed by atoms with E-state index in [2.05, 4.69) is 55.3 Å². The molecule has 0 bridgehead atoms. The first-order valence-electron chi connectivity index (χ1n) is 16.9. The SMILES string of the molecule is CC(C)(C)[Si](OC[C@@]1(CO)O[C@@H](n2ccc(NC(=O)c3ccccc3)nc2=O)[C@H](O)[C@@H]1OCc1ccccc1)(c1ccccc1)c1ccccc1. The van der Waals surface area contributed by atoms with Crippen molar-refractivity contribution in [2.24, 2.45) is 0 Å². The number of amides is 1. The number of benzene rings is 4. The van der Waals surface area contributed by atoms with E-state index in [1.165, 1.54) is 12.3 Å². The summed E-state index contributed by atoms with van der Waals surface area (Å²) in [7, 11) is -3.13. The van der Waals surface area contributed by atoms with Crippen LogP contribution >= 0.6 is 0 Å². The maximum absolute atomic E-state index is 13.5. The highest BCUT2D eigenvalue weighted by Crippen LogP contribution is 2.42. The molecule has 0 unspecified atom stereocenters. The van der Waals surface area contributed by atoms with Gasteiger partial charge in [0.2, 0.25) is 0 Å². The summed E-state index contributed by atoms with van der Waals surface area (Å²) in [6.07, 6.45) is -2.42. The highest BCUT2D eigenvalue weighted by molar-refractivity contribution is 6.99. The lowest BCUT2D eigenvalue weighted by molar-refractivity contribution is -0.161. The van der Waals surface area contributed by atoms with Gasteiger partial charge in [0, 0.05) is 11.8 Å². The fourth-order valence-corrected chi connectivity index (χ4v) is 11.4. The summed E-state index contributed by atoms with van der Waals surface area (Å²) in [4.78, 5) is 30.3. The molecule has 11 heteroatoms. The third kappa shape index (κ3) is 7.36. The van der Waals surface area contributed by atoms with E-state index in [0.29, 0.717) is 5.56 Å². The molecule has 4 aromatic carbocycles. The molecule has 51 heavy (non-hydrogen) atoms. The van der Waals surface area contributed by atoms with Gasteiger partial charge in [-0.1, -0.05) is 130 Å². The lowest BCUT2D eigenvalue weighted by Gasteiger charge is -2.45. The number of nitrogens with one attached hydrogen (secondary N) is 1. The number of aromatic nitrogens is 2. The summed E-state index contributed by atoms with van der Waals surface area (Å²) in [5.41, 5.74) is -1.10. The second-order valence-electron chi connectivity index (χ2n) is 13.7. The van der Waals surface area contributed by atoms with Crippen LogP contribution in [0.25, 0.3) is 0 Å². The van der Waals surface area contributed by atoms with Gasteiger partial charge in [-0.15, -0.1) is 0 Å². The van der Waals surface area contributed by atoms with Gasteiger partial charge < -0.3 is 29.4 Å². The molecule has 2 heterocycles. The Bertz CT molecular complexity index is 1920. The number of nitrogens with zero attached hydrogens (tertiary/aromatic N) is 2. The number of rotatable bonds is 12. The fraction of sp³-hybridized carbons (Fsp3) is 0.275. The number of carbonyl (C=O) groups excluding carboxylic acids is 1. The molecule has 6 rings (SSSR count). The van der Waals surface area contributed by atoms with Crippen LogP contribution < -0.4 is 21.4 Å². The van der Waals surface area contributed by atoms with Gasteiger partial charge in [0.1, 0.15) is 23.6 Å². The van der Waals surface area contributed by atoms with E-state index in [-0.39, 0.29) is 24.1 Å². The summed E-state index contributed by atoms with van der Waals surface area (Å²) >= 11 is 0. The third-order valence-corrected chi connectivity index (χ3v) is 14.3. The normalized spacial score (nSPS) is 20.6. The molecule has 1 aromatic heterocycles. The molecule has 1 saturated heterocycles. The Labute approximate surface area is 298 Å². The van der Waals surface area contributed by atoms with Crippen molar-refractivity contribution in [2.45, 2.75) is 56.5 Å². The lowest BCUT2D eigenvalue weighted by Crippen LogP contribution is -2.68. The van der Waals surface area contributed by atoms with E-state index in [1.54, 1.807) is 30.3 Å². The number of hydrogen-bond donors (Lipinski definition) is 3. The predicted molar refractivity (Wildman–Crippen MR) is 197 cm³/mol. The van der Waals surface area contributed by atoms with Gasteiger partial charge in [-0.2, -0.15) is 4.98 Å². The Morgan fingerprint density at radius 1 is 0.882 bits per heavy atom. The molecule has 1 aliphatic rings. The molecule has 10 nitrogen and oxygen atoms in total. The van der Waals surface area contributed by atoms with Crippen molar-refractivity contribution < 1.29 is 28.9 Å². The lowest BCUT2D eigenvalue weighted by atomic mass is 9.96. The Morgan fingerprint density at radius 2 is 1.43 bits per heavy atom. The zero-order valence-electron chi connectivity index (χ0n) is 28.9. The van der Waals surface area contributed by atoms with Crippen LogP contribution in [0, 0.1) is 0 Å². The smallest absolute Gasteiger partial charge is 0.351 e. The third-order valence-electron chi connectivity index (χ3n) is 9.35. The van der Waals surface area contributed by atoms with Crippen LogP contribution in [-0.4, -0.2) is 65.0 Å². The average molecular weight is 706 g/mol. The zero-order chi connectivity index (χ0) is 36.1. The number of anilines is 1. The van der Waals surface area contributed by atoms with Crippen LogP contribution in [0.5, 0.6) is 0 Å². The number of carbonyl (C=O) groups is 1. The van der Waals surface area contributed by atoms with Gasteiger partial charge in [0.05, 0.1) is 19.8 Å². The maximum Gasteiger partial charge on any atom is 0.351 e. The molecular weight excluding hydrogens is 663 g/mol. The Kier molecular flexibility index (Phi) is 10.8. The fourth-order valence-electron chi connectivity index (χ4n) is 6.81. The molecule has 264 valence electrons. The summed E-state index contributed by atoms with van der Waals surface area (Å²) in [6, 6.07) is 39.6. The molecular formula is C40H43N3O7Si. The van der Waals surface area contributed by atoms with Crippen molar-refractivity contribution in [3.8, 4) is 0 Å². The van der Waals surface area contributed by atoms with Gasteiger partial charge in [-0.25, -0.2) is 4.79 Å². The number of hydrogen-bond acceptors (Lipinski definition) is 8. The van der Waals surface area contributed by atoms with Crippen LogP contribution in [0.2, 0.25) is 5.04 Å². The van der Waals surface area contributed by atoms with Crippen molar-refractivity contribution in [1.82, 2.24) is 9.55 Å². The predicted octanol–water partition coefficient (Wildman–Crippen LogP) is 4.28. The standard InChI is InChI=1S/C40H43N3O7Si/c1-39(2,3)51(31-20-12-6-13-21-31,32-22-14-7-15-23-32)49-28-40(27-44)35(48-26-29-16-8-4-9-17-29)34(45)37(50-40)43-25-24-33(42-38(43)47)41-36(46)30-18-10-5-11-19-30/h4-25,34-35,37,44-45H,26-28H2,1-3H3,(H,41,42,46,47)/t34-,35+,37-,40-/m1/s1. The molecule has 0 saturated carbocycles. The van der Waals surface area contributed by atoms with Crippen molar-refractivity contribution in [3.63, 3.8) is 0 Å². The van der Waals surface area contributed by atoms with Gasteiger partial charge in [-0.05, 0) is 39.2 Å². The molecule has 5 aromatic rings. The molecule has 1 aliphatic heterocycles. The van der Waals surface area contributed by atoms with Crippen molar-refractivity contribution in [2.75, 3.05) is 18.5 Å². The summed E-state index contributed by atoms with van der Waals surface area (Å²) in [6.45, 7) is 5.81. The van der Waals surface area contributed by atoms with Crippen molar-refractivity contribution >= 4 is 30.4 Å². The van der Waals surface area contributed by atoms with Crippen LogP contribution in [0.15, 0.2) is 138 Å². The van der Waals surface area contributed by atoms with E-state index in [1.807, 2.05) is 66.7 Å². The molecule has 0 aliphatic carbocycles. The highest BCUT2D eigenvalue weighted by Gasteiger charge is 2.59. The van der Waals surface area contributed by atoms with Crippen molar-refractivity contribution in [1.29, 1.82) is 0 Å². The van der Waals surface area contributed by atoms with Crippen LogP contribution in [0.3, 0.4) is 0 Å². The largest absolute Gasteiger partial charge is 0.404 e. The Balaban J connectivity index is 1.36. The van der Waals surface area contributed by atoms with Gasteiger partial charge >= 0.3 is 5.69 Å². The molecule has 0 spiro atoms. The first kappa shape index (κ1) is 36.1. The van der Waals surface area contributed by atoms with Crippen LogP contribution in [-0.2, 0) is 20.5 Å². The summed E-state index contributed by atoms with van der Waals surface area (Å²) < 4.78 is 21.3. The van der Waals surface area contributed by atoms with E-state index in [9.17, 15) is 19.8 Å². The minimum atomic E-state index is -3.13. The Hall–Kier alpha value is -4.75. The topological polar surface area (TPSA) is 132 Å². The van der Waals surface area contributed by atoms with Crippen LogP contribution in [0.4, 0.5) is 5.82 Å². The second kappa shape index (κ2) is 15.2. The average Bonchev–Trinajstić information content (AvgIpc) is 3.42. The molecule has 1 amide bonds. The van der Waals surface area contributed by atoms with E-state index < -0.39 is 50.6 Å². The minimum Gasteiger partial charge on any atom is -0.404 e. The van der Waals surface area contributed by atoms with E-state index in [0.717, 1.165) is 20.5 Å². The highest BCUT2D eigenvalue weighted by atomic mass is 28.4. The van der Waals surface area contributed by atoms with Crippen molar-refractivity contribution in [3.05, 3.63) is 155 Å². The van der Waals surface area contributed by atoms with Gasteiger partial charge in [0.15, 0.2) is 6.23 Å². The van der Waals surface area contributed by atoms with Gasteiger partial charge in [-0.3, -0.25) is 9.36 Å². The van der Waals surface area contributed by atoms with Gasteiger partial charge in [0.25, 0.3) is 14.2 Å². The molecule has 4 atom stereocenters. The number of aliphatic hydroxyl groups excluding tert-OH is 2. The summed E-state index contributed by atoms with van der Waals surface area (Å²) in [5, 5.41) is 27.4.